The van der Waals surface area contributed by atoms with Crippen LogP contribution in [0.3, 0.4) is 0 Å². The van der Waals surface area contributed by atoms with Crippen LogP contribution >= 0.6 is 0 Å². The molecular weight excluding hydrogens is 454 g/mol. The van der Waals surface area contributed by atoms with E-state index in [1.165, 1.54) is 30.5 Å². The van der Waals surface area contributed by atoms with Gasteiger partial charge in [-0.05, 0) is 60.7 Å². The first-order chi connectivity index (χ1) is 15.0. The van der Waals surface area contributed by atoms with Crippen LogP contribution in [0.5, 0.6) is 5.75 Å². The number of carbonyl (C=O) groups excluding carboxylic acids is 1. The van der Waals surface area contributed by atoms with Gasteiger partial charge in [0, 0.05) is 18.1 Å². The van der Waals surface area contributed by atoms with Gasteiger partial charge < -0.3 is 10.1 Å². The summed E-state index contributed by atoms with van der Waals surface area (Å²) in [6.45, 7) is -0.691. The van der Waals surface area contributed by atoms with Gasteiger partial charge in [-0.15, -0.1) is 13.2 Å². The van der Waals surface area contributed by atoms with Crippen molar-refractivity contribution in [2.45, 2.75) is 11.3 Å². The summed E-state index contributed by atoms with van der Waals surface area (Å²) in [4.78, 5) is 16.1. The zero-order valence-electron chi connectivity index (χ0n) is 16.1. The lowest BCUT2D eigenvalue weighted by Crippen LogP contribution is -2.38. The number of ether oxygens (including phenoxy) is 1. The van der Waals surface area contributed by atoms with Gasteiger partial charge in [0.1, 0.15) is 23.0 Å². The van der Waals surface area contributed by atoms with Crippen molar-refractivity contribution < 1.29 is 35.5 Å². The van der Waals surface area contributed by atoms with Gasteiger partial charge >= 0.3 is 6.36 Å². The molecule has 0 fully saturated rings. The summed E-state index contributed by atoms with van der Waals surface area (Å²) in [5.74, 6) is -1.87. The van der Waals surface area contributed by atoms with Crippen LogP contribution in [0.2, 0.25) is 0 Å². The fraction of sp³-hybridized carbons (Fsp3) is 0.100. The highest BCUT2D eigenvalue weighted by Crippen LogP contribution is 2.25. The van der Waals surface area contributed by atoms with Gasteiger partial charge in [-0.2, -0.15) is 0 Å². The number of anilines is 2. The van der Waals surface area contributed by atoms with Crippen molar-refractivity contribution in [3.8, 4) is 5.75 Å². The van der Waals surface area contributed by atoms with Gasteiger partial charge in [0.25, 0.3) is 10.0 Å². The van der Waals surface area contributed by atoms with Gasteiger partial charge in [-0.3, -0.25) is 14.1 Å². The average molecular weight is 469 g/mol. The Balaban J connectivity index is 1.82. The summed E-state index contributed by atoms with van der Waals surface area (Å²) in [5.41, 5.74) is 0.140. The number of benzene rings is 2. The van der Waals surface area contributed by atoms with Crippen LogP contribution in [-0.2, 0) is 14.8 Å². The van der Waals surface area contributed by atoms with Crippen LogP contribution in [0.4, 0.5) is 28.9 Å². The lowest BCUT2D eigenvalue weighted by Gasteiger charge is -2.24. The van der Waals surface area contributed by atoms with E-state index in [9.17, 15) is 30.8 Å². The SMILES string of the molecule is O=C(CN(c1ccc(F)cc1)S(=O)(=O)c1cccnc1)Nc1ccc(OC(F)(F)F)cc1. The number of hydrogen-bond donors (Lipinski definition) is 1. The van der Waals surface area contributed by atoms with Crippen LogP contribution in [0.1, 0.15) is 0 Å². The molecule has 2 aromatic carbocycles. The van der Waals surface area contributed by atoms with Gasteiger partial charge in [0.2, 0.25) is 5.91 Å². The molecule has 0 spiro atoms. The van der Waals surface area contributed by atoms with Crippen molar-refractivity contribution in [3.05, 3.63) is 78.9 Å². The Labute approximate surface area is 180 Å². The molecule has 1 aromatic heterocycles. The highest BCUT2D eigenvalue weighted by atomic mass is 32.2. The average Bonchev–Trinajstić information content (AvgIpc) is 2.74. The van der Waals surface area contributed by atoms with Crippen molar-refractivity contribution in [1.29, 1.82) is 0 Å². The minimum absolute atomic E-state index is 0.0272. The van der Waals surface area contributed by atoms with E-state index in [-0.39, 0.29) is 16.3 Å². The Morgan fingerprint density at radius 2 is 1.69 bits per heavy atom. The topological polar surface area (TPSA) is 88.6 Å². The molecule has 0 unspecified atom stereocenters. The summed E-state index contributed by atoms with van der Waals surface area (Å²) in [6.07, 6.45) is -2.38. The first-order valence-corrected chi connectivity index (χ1v) is 10.3. The van der Waals surface area contributed by atoms with Crippen molar-refractivity contribution in [3.63, 3.8) is 0 Å². The minimum atomic E-state index is -4.86. The lowest BCUT2D eigenvalue weighted by molar-refractivity contribution is -0.274. The molecule has 0 saturated carbocycles. The zero-order chi connectivity index (χ0) is 23.4. The number of amides is 1. The molecule has 0 aliphatic heterocycles. The molecule has 0 saturated heterocycles. The summed E-state index contributed by atoms with van der Waals surface area (Å²) in [6, 6.07) is 11.5. The zero-order valence-corrected chi connectivity index (χ0v) is 16.9. The molecule has 168 valence electrons. The summed E-state index contributed by atoms with van der Waals surface area (Å²) >= 11 is 0. The van der Waals surface area contributed by atoms with Crippen LogP contribution < -0.4 is 14.4 Å². The van der Waals surface area contributed by atoms with Gasteiger partial charge in [0.15, 0.2) is 0 Å². The number of hydrogen-bond acceptors (Lipinski definition) is 5. The van der Waals surface area contributed by atoms with Crippen molar-refractivity contribution in [1.82, 2.24) is 4.98 Å². The predicted molar refractivity (Wildman–Crippen MR) is 107 cm³/mol. The number of nitrogens with one attached hydrogen (secondary N) is 1. The fourth-order valence-electron chi connectivity index (χ4n) is 2.62. The summed E-state index contributed by atoms with van der Waals surface area (Å²) < 4.78 is 80.7. The number of halogens is 4. The Bertz CT molecular complexity index is 1170. The Kier molecular flexibility index (Phi) is 6.63. The predicted octanol–water partition coefficient (Wildman–Crippen LogP) is 3.95. The Morgan fingerprint density at radius 3 is 2.25 bits per heavy atom. The normalized spacial score (nSPS) is 11.6. The van der Waals surface area contributed by atoms with E-state index < -0.39 is 40.4 Å². The number of nitrogens with zero attached hydrogens (tertiary/aromatic N) is 2. The van der Waals surface area contributed by atoms with Crippen LogP contribution in [-0.4, -0.2) is 32.2 Å². The number of aromatic nitrogens is 1. The molecule has 1 heterocycles. The van der Waals surface area contributed by atoms with Crippen molar-refractivity contribution >= 4 is 27.3 Å². The molecule has 32 heavy (non-hydrogen) atoms. The largest absolute Gasteiger partial charge is 0.573 e. The molecule has 12 heteroatoms. The van der Waals surface area contributed by atoms with Gasteiger partial charge in [0.05, 0.1) is 5.69 Å². The molecular formula is C20H15F4N3O4S. The summed E-state index contributed by atoms with van der Waals surface area (Å²) in [7, 11) is -4.24. The van der Waals surface area contributed by atoms with E-state index in [0.29, 0.717) is 0 Å². The Hall–Kier alpha value is -3.67. The molecule has 3 aromatic rings. The third-order valence-electron chi connectivity index (χ3n) is 4.00. The van der Waals surface area contributed by atoms with E-state index in [1.54, 1.807) is 0 Å². The molecule has 0 radical (unpaired) electrons. The molecule has 0 atom stereocenters. The smallest absolute Gasteiger partial charge is 0.406 e. The van der Waals surface area contributed by atoms with Crippen LogP contribution in [0.25, 0.3) is 0 Å². The monoisotopic (exact) mass is 469 g/mol. The highest BCUT2D eigenvalue weighted by molar-refractivity contribution is 7.92. The minimum Gasteiger partial charge on any atom is -0.406 e. The van der Waals surface area contributed by atoms with E-state index in [0.717, 1.165) is 46.9 Å². The molecule has 0 bridgehead atoms. The highest BCUT2D eigenvalue weighted by Gasteiger charge is 2.31. The molecule has 7 nitrogen and oxygen atoms in total. The third kappa shape index (κ3) is 5.94. The maximum atomic E-state index is 13.3. The molecule has 1 amide bonds. The second-order valence-electron chi connectivity index (χ2n) is 6.30. The van der Waals surface area contributed by atoms with E-state index in [1.807, 2.05) is 0 Å². The standard InChI is InChI=1S/C20H15F4N3O4S/c21-14-3-7-16(8-4-14)27(32(29,30)18-2-1-11-25-12-18)13-19(28)26-15-5-9-17(10-6-15)31-20(22,23)24/h1-12H,13H2,(H,26,28). The summed E-state index contributed by atoms with van der Waals surface area (Å²) in [5, 5.41) is 2.40. The number of alkyl halides is 3. The van der Waals surface area contributed by atoms with E-state index in [2.05, 4.69) is 15.0 Å². The fourth-order valence-corrected chi connectivity index (χ4v) is 4.01. The maximum absolute atomic E-state index is 13.3. The third-order valence-corrected chi connectivity index (χ3v) is 5.75. The number of rotatable bonds is 7. The van der Waals surface area contributed by atoms with E-state index >= 15 is 0 Å². The van der Waals surface area contributed by atoms with Crippen LogP contribution in [0, 0.1) is 5.82 Å². The maximum Gasteiger partial charge on any atom is 0.573 e. The second kappa shape index (κ2) is 9.22. The quantitative estimate of drug-likeness (QED) is 0.530. The second-order valence-corrected chi connectivity index (χ2v) is 8.16. The number of sulfonamides is 1. The molecule has 1 N–H and O–H groups in total. The first-order valence-electron chi connectivity index (χ1n) is 8.88. The molecule has 3 rings (SSSR count). The van der Waals surface area contributed by atoms with Gasteiger partial charge in [-0.1, -0.05) is 0 Å². The number of carbonyl (C=O) groups is 1. The van der Waals surface area contributed by atoms with Crippen molar-refractivity contribution in [2.24, 2.45) is 0 Å². The number of pyridine rings is 1. The molecule has 0 aliphatic carbocycles. The molecule has 0 aliphatic rings. The lowest BCUT2D eigenvalue weighted by atomic mass is 10.3. The van der Waals surface area contributed by atoms with Crippen LogP contribution in [0.15, 0.2) is 78.0 Å². The van der Waals surface area contributed by atoms with E-state index in [4.69, 9.17) is 0 Å². The van der Waals surface area contributed by atoms with Crippen molar-refractivity contribution in [2.75, 3.05) is 16.2 Å². The first kappa shape index (κ1) is 23.0. The van der Waals surface area contributed by atoms with Gasteiger partial charge in [-0.25, -0.2) is 12.8 Å². The Morgan fingerprint density at radius 1 is 1.03 bits per heavy atom.